The van der Waals surface area contributed by atoms with Gasteiger partial charge in [-0.1, -0.05) is 23.2 Å². The van der Waals surface area contributed by atoms with Crippen LogP contribution in [0.4, 0.5) is 0 Å². The molecule has 0 aliphatic rings. The van der Waals surface area contributed by atoms with Gasteiger partial charge in [0.2, 0.25) is 10.0 Å². The minimum Gasteiger partial charge on any atom is -0.207 e. The SMILES string of the molecule is CN(CCC#N)S(=O)(=O)c1cc(Cl)ccc1Cl. The predicted molar refractivity (Wildman–Crippen MR) is 66.5 cm³/mol. The van der Waals surface area contributed by atoms with Crippen LogP contribution in [-0.4, -0.2) is 26.3 Å². The Morgan fingerprint density at radius 2 is 2.06 bits per heavy atom. The lowest BCUT2D eigenvalue weighted by Gasteiger charge is -2.16. The van der Waals surface area contributed by atoms with Gasteiger partial charge in [0.25, 0.3) is 0 Å². The van der Waals surface area contributed by atoms with Gasteiger partial charge in [-0.15, -0.1) is 0 Å². The fourth-order valence-corrected chi connectivity index (χ4v) is 3.08. The average Bonchev–Trinajstić information content (AvgIpc) is 2.28. The molecule has 0 radical (unpaired) electrons. The van der Waals surface area contributed by atoms with Gasteiger partial charge in [0.05, 0.1) is 11.1 Å². The van der Waals surface area contributed by atoms with Crippen LogP contribution in [0.25, 0.3) is 0 Å². The van der Waals surface area contributed by atoms with Crippen molar-refractivity contribution >= 4 is 33.2 Å². The van der Waals surface area contributed by atoms with E-state index < -0.39 is 10.0 Å². The van der Waals surface area contributed by atoms with Gasteiger partial charge in [-0.3, -0.25) is 0 Å². The smallest absolute Gasteiger partial charge is 0.207 e. The van der Waals surface area contributed by atoms with E-state index in [1.54, 1.807) is 0 Å². The minimum absolute atomic E-state index is 0.0490. The highest BCUT2D eigenvalue weighted by molar-refractivity contribution is 7.89. The fraction of sp³-hybridized carbons (Fsp3) is 0.300. The summed E-state index contributed by atoms with van der Waals surface area (Å²) in [6, 6.07) is 6.11. The van der Waals surface area contributed by atoms with Gasteiger partial charge < -0.3 is 0 Å². The van der Waals surface area contributed by atoms with E-state index >= 15 is 0 Å². The van der Waals surface area contributed by atoms with Gasteiger partial charge in [-0.2, -0.15) is 9.57 Å². The highest BCUT2D eigenvalue weighted by Crippen LogP contribution is 2.27. The summed E-state index contributed by atoms with van der Waals surface area (Å²) >= 11 is 11.6. The molecular weight excluding hydrogens is 283 g/mol. The third-order valence-corrected chi connectivity index (χ3v) is 4.69. The van der Waals surface area contributed by atoms with Gasteiger partial charge in [0.1, 0.15) is 4.90 Å². The Kier molecular flexibility index (Phi) is 4.78. The predicted octanol–water partition coefficient (Wildman–Crippen LogP) is 2.53. The first-order chi connectivity index (χ1) is 7.89. The lowest BCUT2D eigenvalue weighted by atomic mass is 10.4. The third kappa shape index (κ3) is 3.33. The second-order valence-corrected chi connectivity index (χ2v) is 6.17. The molecule has 0 bridgehead atoms. The lowest BCUT2D eigenvalue weighted by molar-refractivity contribution is 0.476. The van der Waals surface area contributed by atoms with Gasteiger partial charge >= 0.3 is 0 Å². The van der Waals surface area contributed by atoms with Crippen LogP contribution in [0.5, 0.6) is 0 Å². The molecule has 92 valence electrons. The van der Waals surface area contributed by atoms with Crippen LogP contribution >= 0.6 is 23.2 Å². The molecular formula is C10H10Cl2N2O2S. The molecule has 0 aliphatic carbocycles. The summed E-state index contributed by atoms with van der Waals surface area (Å²) in [6.45, 7) is 0.113. The van der Waals surface area contributed by atoms with Crippen LogP contribution in [0.1, 0.15) is 6.42 Å². The number of nitriles is 1. The van der Waals surface area contributed by atoms with Gasteiger partial charge in [-0.05, 0) is 18.2 Å². The van der Waals surface area contributed by atoms with Crippen molar-refractivity contribution in [3.05, 3.63) is 28.2 Å². The quantitative estimate of drug-likeness (QED) is 0.857. The Labute approximate surface area is 110 Å². The van der Waals surface area contributed by atoms with E-state index in [0.29, 0.717) is 5.02 Å². The molecule has 7 heteroatoms. The van der Waals surface area contributed by atoms with Crippen molar-refractivity contribution in [1.29, 1.82) is 5.26 Å². The molecule has 0 amide bonds. The molecule has 4 nitrogen and oxygen atoms in total. The van der Waals surface area contributed by atoms with Crippen LogP contribution in [0.15, 0.2) is 23.1 Å². The number of hydrogen-bond donors (Lipinski definition) is 0. The van der Waals surface area contributed by atoms with E-state index in [2.05, 4.69) is 0 Å². The van der Waals surface area contributed by atoms with E-state index in [9.17, 15) is 8.42 Å². The molecule has 0 saturated heterocycles. The molecule has 0 N–H and O–H groups in total. The minimum atomic E-state index is -3.70. The van der Waals surface area contributed by atoms with E-state index in [0.717, 1.165) is 4.31 Å². The van der Waals surface area contributed by atoms with E-state index in [4.69, 9.17) is 28.5 Å². The number of hydrogen-bond acceptors (Lipinski definition) is 3. The summed E-state index contributed by atoms with van der Waals surface area (Å²) in [5, 5.41) is 8.83. The van der Waals surface area contributed by atoms with E-state index in [-0.39, 0.29) is 22.9 Å². The molecule has 0 atom stereocenters. The summed E-state index contributed by atoms with van der Waals surface area (Å²) in [5.74, 6) is 0. The van der Waals surface area contributed by atoms with E-state index in [1.165, 1.54) is 25.2 Å². The number of benzene rings is 1. The molecule has 0 saturated carbocycles. The van der Waals surface area contributed by atoms with Crippen molar-refractivity contribution in [2.45, 2.75) is 11.3 Å². The van der Waals surface area contributed by atoms with Gasteiger partial charge in [0.15, 0.2) is 0 Å². The molecule has 0 spiro atoms. The molecule has 1 aromatic carbocycles. The molecule has 1 aromatic rings. The second-order valence-electron chi connectivity index (χ2n) is 3.31. The monoisotopic (exact) mass is 292 g/mol. The van der Waals surface area contributed by atoms with Crippen LogP contribution in [0.3, 0.4) is 0 Å². The first kappa shape index (κ1) is 14.3. The van der Waals surface area contributed by atoms with Crippen molar-refractivity contribution in [3.8, 4) is 6.07 Å². The summed E-state index contributed by atoms with van der Waals surface area (Å²) in [7, 11) is -2.31. The zero-order valence-corrected chi connectivity index (χ0v) is 11.3. The zero-order valence-electron chi connectivity index (χ0n) is 9.02. The van der Waals surface area contributed by atoms with Crippen molar-refractivity contribution in [2.24, 2.45) is 0 Å². The molecule has 17 heavy (non-hydrogen) atoms. The summed E-state index contributed by atoms with van der Waals surface area (Å²) in [6.07, 6.45) is 0.119. The number of sulfonamides is 1. The maximum atomic E-state index is 12.1. The largest absolute Gasteiger partial charge is 0.244 e. The number of rotatable bonds is 4. The summed E-state index contributed by atoms with van der Waals surface area (Å²) in [5.41, 5.74) is 0. The third-order valence-electron chi connectivity index (χ3n) is 2.12. The summed E-state index contributed by atoms with van der Waals surface area (Å²) < 4.78 is 25.2. The van der Waals surface area contributed by atoms with Crippen molar-refractivity contribution in [3.63, 3.8) is 0 Å². The Morgan fingerprint density at radius 3 is 2.65 bits per heavy atom. The highest BCUT2D eigenvalue weighted by atomic mass is 35.5. The molecule has 0 aliphatic heterocycles. The zero-order chi connectivity index (χ0) is 13.1. The number of halogens is 2. The topological polar surface area (TPSA) is 61.2 Å². The highest BCUT2D eigenvalue weighted by Gasteiger charge is 2.23. The lowest BCUT2D eigenvalue weighted by Crippen LogP contribution is -2.28. The standard InChI is InChI=1S/C10H10Cl2N2O2S/c1-14(6-2-5-13)17(15,16)10-7-8(11)3-4-9(10)12/h3-4,7H,2,6H2,1H3. The maximum absolute atomic E-state index is 12.1. The van der Waals surface area contributed by atoms with E-state index in [1.807, 2.05) is 6.07 Å². The molecule has 0 unspecified atom stereocenters. The second kappa shape index (κ2) is 5.69. The first-order valence-electron chi connectivity index (χ1n) is 4.68. The molecule has 0 aromatic heterocycles. The average molecular weight is 293 g/mol. The maximum Gasteiger partial charge on any atom is 0.244 e. The van der Waals surface area contributed by atoms with Gasteiger partial charge in [0, 0.05) is 25.0 Å². The first-order valence-corrected chi connectivity index (χ1v) is 6.87. The molecule has 0 heterocycles. The number of nitrogens with zero attached hydrogens (tertiary/aromatic N) is 2. The normalized spacial score (nSPS) is 11.5. The Balaban J connectivity index is 3.13. The molecule has 0 fully saturated rings. The van der Waals surface area contributed by atoms with Crippen LogP contribution in [0.2, 0.25) is 10.0 Å². The Hall–Kier alpha value is -0.800. The Morgan fingerprint density at radius 1 is 1.41 bits per heavy atom. The van der Waals surface area contributed by atoms with Crippen LogP contribution in [0, 0.1) is 11.3 Å². The Bertz CT molecular complexity index is 552. The summed E-state index contributed by atoms with van der Waals surface area (Å²) in [4.78, 5) is -0.0490. The van der Waals surface area contributed by atoms with Crippen molar-refractivity contribution < 1.29 is 8.42 Å². The van der Waals surface area contributed by atoms with Crippen LogP contribution in [-0.2, 0) is 10.0 Å². The molecule has 1 rings (SSSR count). The fourth-order valence-electron chi connectivity index (χ4n) is 1.17. The van der Waals surface area contributed by atoms with Crippen molar-refractivity contribution in [1.82, 2.24) is 4.31 Å². The van der Waals surface area contributed by atoms with Gasteiger partial charge in [-0.25, -0.2) is 8.42 Å². The van der Waals surface area contributed by atoms with Crippen LogP contribution < -0.4 is 0 Å². The van der Waals surface area contributed by atoms with Crippen molar-refractivity contribution in [2.75, 3.05) is 13.6 Å².